The van der Waals surface area contributed by atoms with E-state index in [1.54, 1.807) is 0 Å². The van der Waals surface area contributed by atoms with Crippen molar-refractivity contribution >= 4 is 24.8 Å². The Balaban J connectivity index is 0.00000128. The van der Waals surface area contributed by atoms with E-state index in [1.807, 2.05) is 0 Å². The summed E-state index contributed by atoms with van der Waals surface area (Å²) in [5.74, 6) is 3.00. The van der Waals surface area contributed by atoms with Gasteiger partial charge in [-0.15, -0.1) is 24.8 Å². The van der Waals surface area contributed by atoms with Crippen LogP contribution in [0.15, 0.2) is 60.7 Å². The van der Waals surface area contributed by atoms with Gasteiger partial charge in [0.05, 0.1) is 0 Å². The van der Waals surface area contributed by atoms with Crippen molar-refractivity contribution in [2.45, 2.75) is 57.7 Å². The summed E-state index contributed by atoms with van der Waals surface area (Å²) in [4.78, 5) is 0. The van der Waals surface area contributed by atoms with E-state index >= 15 is 0 Å². The highest BCUT2D eigenvalue weighted by atomic mass is 35.5. The Kier molecular flexibility index (Phi) is 8.26. The van der Waals surface area contributed by atoms with Gasteiger partial charge >= 0.3 is 0 Å². The summed E-state index contributed by atoms with van der Waals surface area (Å²) >= 11 is 0. The fraction of sp³-hybridized carbons (Fsp3) is 0.538. The average Bonchev–Trinajstić information content (AvgIpc) is 2.71. The molecule has 0 aliphatic heterocycles. The van der Waals surface area contributed by atoms with Gasteiger partial charge in [0.1, 0.15) is 0 Å². The molecule has 4 fully saturated rings. The van der Waals surface area contributed by atoms with Crippen molar-refractivity contribution < 1.29 is 0 Å². The van der Waals surface area contributed by atoms with E-state index in [2.05, 4.69) is 71.3 Å². The Hall–Kier alpha value is -1.06. The number of hydrogen-bond acceptors (Lipinski definition) is 2. The molecule has 1 unspecified atom stereocenters. The molecule has 1 atom stereocenters. The van der Waals surface area contributed by atoms with Gasteiger partial charge in [0, 0.05) is 25.7 Å². The van der Waals surface area contributed by atoms with Crippen LogP contribution in [0.5, 0.6) is 0 Å². The van der Waals surface area contributed by atoms with Gasteiger partial charge < -0.3 is 10.6 Å². The molecule has 2 aromatic rings. The van der Waals surface area contributed by atoms with Crippen LogP contribution >= 0.6 is 24.8 Å². The minimum Gasteiger partial charge on any atom is -0.311 e. The van der Waals surface area contributed by atoms with Gasteiger partial charge in [0.2, 0.25) is 0 Å². The topological polar surface area (TPSA) is 24.1 Å². The first-order valence-electron chi connectivity index (χ1n) is 11.3. The van der Waals surface area contributed by atoms with Gasteiger partial charge in [-0.2, -0.15) is 0 Å². The average molecular weight is 447 g/mol. The molecule has 4 saturated carbocycles. The minimum atomic E-state index is 0. The predicted octanol–water partition coefficient (Wildman–Crippen LogP) is 5.99. The lowest BCUT2D eigenvalue weighted by atomic mass is 9.47. The van der Waals surface area contributed by atoms with Crippen LogP contribution in [-0.2, 0) is 13.1 Å². The Morgan fingerprint density at radius 1 is 0.700 bits per heavy atom. The second-order valence-electron chi connectivity index (χ2n) is 9.82. The highest BCUT2D eigenvalue weighted by molar-refractivity contribution is 5.85. The van der Waals surface area contributed by atoms with Gasteiger partial charge in [0.25, 0.3) is 0 Å². The SMILES string of the molecule is Cl.Cl.c1ccc(CNCC(NCc2ccccc2)C23CC4CC(CC(C4)C2)C3)cc1. The second kappa shape index (κ2) is 10.5. The van der Waals surface area contributed by atoms with Crippen LogP contribution in [-0.4, -0.2) is 12.6 Å². The standard InChI is InChI=1S/C26H34N2.2ClH/c1-3-7-20(8-4-1)17-27-19-25(28-18-21-9-5-2-6-10-21)26-14-22-11-23(15-26)13-24(12-22)16-26;;/h1-10,22-25,27-28H,11-19H2;2*1H. The second-order valence-corrected chi connectivity index (χ2v) is 9.82. The molecule has 4 heteroatoms. The van der Waals surface area contributed by atoms with Gasteiger partial charge in [-0.25, -0.2) is 0 Å². The fourth-order valence-electron chi connectivity index (χ4n) is 6.90. The third kappa shape index (κ3) is 5.22. The molecule has 0 aromatic heterocycles. The van der Waals surface area contributed by atoms with Gasteiger partial charge in [-0.1, -0.05) is 60.7 Å². The molecule has 4 aliphatic carbocycles. The Morgan fingerprint density at radius 3 is 1.67 bits per heavy atom. The molecule has 4 aliphatic rings. The van der Waals surface area contributed by atoms with Gasteiger partial charge in [0.15, 0.2) is 0 Å². The van der Waals surface area contributed by atoms with Crippen molar-refractivity contribution in [3.05, 3.63) is 71.8 Å². The van der Waals surface area contributed by atoms with Crippen LogP contribution in [0, 0.1) is 23.2 Å². The number of halogens is 2. The van der Waals surface area contributed by atoms with E-state index in [0.29, 0.717) is 11.5 Å². The van der Waals surface area contributed by atoms with Crippen LogP contribution in [0.25, 0.3) is 0 Å². The van der Waals surface area contributed by atoms with Crippen molar-refractivity contribution in [1.29, 1.82) is 0 Å². The summed E-state index contributed by atoms with van der Waals surface area (Å²) in [6.45, 7) is 3.03. The van der Waals surface area contributed by atoms with Crippen molar-refractivity contribution in [2.24, 2.45) is 23.2 Å². The van der Waals surface area contributed by atoms with Crippen LogP contribution in [0.1, 0.15) is 49.7 Å². The molecule has 0 saturated heterocycles. The smallest absolute Gasteiger partial charge is 0.0252 e. The van der Waals surface area contributed by atoms with E-state index in [1.165, 1.54) is 49.7 Å². The fourth-order valence-corrected chi connectivity index (χ4v) is 6.90. The van der Waals surface area contributed by atoms with Crippen LogP contribution in [0.2, 0.25) is 0 Å². The lowest BCUT2D eigenvalue weighted by molar-refractivity contribution is -0.0737. The van der Waals surface area contributed by atoms with Crippen LogP contribution < -0.4 is 10.6 Å². The number of benzene rings is 2. The van der Waals surface area contributed by atoms with E-state index in [-0.39, 0.29) is 24.8 Å². The highest BCUT2D eigenvalue weighted by Gasteiger charge is 2.53. The highest BCUT2D eigenvalue weighted by Crippen LogP contribution is 2.61. The minimum absolute atomic E-state index is 0. The van der Waals surface area contributed by atoms with Crippen molar-refractivity contribution in [3.8, 4) is 0 Å². The largest absolute Gasteiger partial charge is 0.311 e. The molecule has 4 bridgehead atoms. The third-order valence-electron chi connectivity index (χ3n) is 7.74. The monoisotopic (exact) mass is 446 g/mol. The molecule has 2 nitrogen and oxygen atoms in total. The van der Waals surface area contributed by atoms with E-state index in [0.717, 1.165) is 37.4 Å². The molecule has 0 radical (unpaired) electrons. The molecule has 0 spiro atoms. The number of hydrogen-bond donors (Lipinski definition) is 2. The predicted molar refractivity (Wildman–Crippen MR) is 130 cm³/mol. The van der Waals surface area contributed by atoms with E-state index < -0.39 is 0 Å². The molecule has 6 rings (SSSR count). The Bertz CT molecular complexity index is 730. The van der Waals surface area contributed by atoms with Crippen LogP contribution in [0.3, 0.4) is 0 Å². The van der Waals surface area contributed by atoms with Gasteiger partial charge in [-0.3, -0.25) is 0 Å². The first-order valence-corrected chi connectivity index (χ1v) is 11.3. The van der Waals surface area contributed by atoms with E-state index in [9.17, 15) is 0 Å². The van der Waals surface area contributed by atoms with E-state index in [4.69, 9.17) is 0 Å². The zero-order valence-corrected chi connectivity index (χ0v) is 19.4. The third-order valence-corrected chi connectivity index (χ3v) is 7.74. The van der Waals surface area contributed by atoms with Crippen molar-refractivity contribution in [2.75, 3.05) is 6.54 Å². The van der Waals surface area contributed by atoms with Crippen molar-refractivity contribution in [1.82, 2.24) is 10.6 Å². The Labute approximate surface area is 194 Å². The maximum atomic E-state index is 4.02. The zero-order chi connectivity index (χ0) is 18.8. The molecule has 30 heavy (non-hydrogen) atoms. The first-order chi connectivity index (χ1) is 13.8. The molecule has 2 aromatic carbocycles. The molecule has 0 amide bonds. The summed E-state index contributed by atoms with van der Waals surface area (Å²) in [5, 5.41) is 7.82. The number of rotatable bonds is 8. The summed E-state index contributed by atoms with van der Waals surface area (Å²) in [6, 6.07) is 22.3. The Morgan fingerprint density at radius 2 is 1.17 bits per heavy atom. The first kappa shape index (κ1) is 23.6. The number of nitrogens with one attached hydrogen (secondary N) is 2. The summed E-state index contributed by atoms with van der Waals surface area (Å²) in [6.07, 6.45) is 8.92. The molecule has 0 heterocycles. The van der Waals surface area contributed by atoms with Crippen LogP contribution in [0.4, 0.5) is 0 Å². The lowest BCUT2D eigenvalue weighted by Gasteiger charge is -2.59. The maximum Gasteiger partial charge on any atom is 0.0252 e. The summed E-state index contributed by atoms with van der Waals surface area (Å²) < 4.78 is 0. The summed E-state index contributed by atoms with van der Waals surface area (Å²) in [7, 11) is 0. The quantitative estimate of drug-likeness (QED) is 0.519. The molecular weight excluding hydrogens is 411 g/mol. The molecular formula is C26H36Cl2N2. The van der Waals surface area contributed by atoms with Gasteiger partial charge in [-0.05, 0) is 72.8 Å². The molecule has 2 N–H and O–H groups in total. The normalized spacial score (nSPS) is 29.7. The molecule has 164 valence electrons. The summed E-state index contributed by atoms with van der Waals surface area (Å²) in [5.41, 5.74) is 3.31. The maximum absolute atomic E-state index is 4.02. The lowest BCUT2D eigenvalue weighted by Crippen LogP contribution is -2.58. The van der Waals surface area contributed by atoms with Crippen molar-refractivity contribution in [3.63, 3.8) is 0 Å². The zero-order valence-electron chi connectivity index (χ0n) is 17.8.